The third-order valence-corrected chi connectivity index (χ3v) is 14.7. The van der Waals surface area contributed by atoms with Crippen molar-refractivity contribution in [3.63, 3.8) is 0 Å². The molecule has 3 fully saturated rings. The predicted molar refractivity (Wildman–Crippen MR) is 73.6 cm³/mol. The van der Waals surface area contributed by atoms with Crippen LogP contribution in [0.3, 0.4) is 0 Å². The molecule has 0 saturated heterocycles. The van der Waals surface area contributed by atoms with Gasteiger partial charge in [0, 0.05) is 0 Å². The van der Waals surface area contributed by atoms with Crippen molar-refractivity contribution in [2.75, 3.05) is 0 Å². The van der Waals surface area contributed by atoms with Crippen LogP contribution in [0.5, 0.6) is 0 Å². The molecule has 0 unspecified atom stereocenters. The Morgan fingerprint density at radius 2 is 0.842 bits per heavy atom. The molecule has 0 aromatic rings. The molecule has 0 aromatic heterocycles. The fourth-order valence-corrected chi connectivity index (χ4v) is 15.2. The molecule has 0 N–H and O–H groups in total. The van der Waals surface area contributed by atoms with Crippen LogP contribution in [-0.2, 0) is 14.4 Å². The van der Waals surface area contributed by atoms with Gasteiger partial charge in [0.25, 0.3) is 0 Å². The third kappa shape index (κ3) is 1.67. The minimum absolute atomic E-state index is 0.240. The van der Waals surface area contributed by atoms with Crippen LogP contribution in [0, 0.1) is 0 Å². The van der Waals surface area contributed by atoms with E-state index >= 15 is 0 Å². The van der Waals surface area contributed by atoms with E-state index in [0.29, 0.717) is 0 Å². The van der Waals surface area contributed by atoms with Gasteiger partial charge < -0.3 is 0 Å². The van der Waals surface area contributed by atoms with E-state index in [2.05, 4.69) is 0 Å². The Hall–Kier alpha value is -0.432. The van der Waals surface area contributed by atoms with E-state index in [-0.39, 0.29) is 12.6 Å². The third-order valence-electron chi connectivity index (χ3n) is 5.65. The second-order valence-electron chi connectivity index (χ2n) is 6.56. The Labute approximate surface area is 118 Å². The van der Waals surface area contributed by atoms with Gasteiger partial charge in [0.1, 0.15) is 0 Å². The van der Waals surface area contributed by atoms with Crippen molar-refractivity contribution in [2.45, 2.75) is 70.4 Å². The Kier molecular flexibility index (Phi) is 3.24. The molecule has 0 aromatic carbocycles. The van der Waals surface area contributed by atoms with Crippen LogP contribution >= 0.6 is 0 Å². The Balaban J connectivity index is 2.02. The first-order chi connectivity index (χ1) is 9.17. The van der Waals surface area contributed by atoms with Gasteiger partial charge in [0.05, 0.1) is 0 Å². The number of hydrogen-bond donors (Lipinski definition) is 0. The molecule has 104 valence electrons. The minimum atomic E-state index is -1.85. The molecule has 3 aliphatic rings. The van der Waals surface area contributed by atoms with Crippen LogP contribution in [0.1, 0.15) is 57.8 Å². The summed E-state index contributed by atoms with van der Waals surface area (Å²) in [7, 11) is 0. The van der Waals surface area contributed by atoms with Crippen LogP contribution in [0.4, 0.5) is 0 Å². The normalized spacial score (nSPS) is 29.5. The average molecular weight is 324 g/mol. The van der Waals surface area contributed by atoms with Crippen LogP contribution in [0.15, 0.2) is 0 Å². The van der Waals surface area contributed by atoms with Gasteiger partial charge in [-0.05, 0) is 0 Å². The molecule has 3 rings (SSSR count). The second-order valence-corrected chi connectivity index (χ2v) is 13.6. The van der Waals surface area contributed by atoms with Gasteiger partial charge in [-0.15, -0.1) is 0 Å². The van der Waals surface area contributed by atoms with Crippen LogP contribution in [0.25, 0.3) is 0 Å². The first-order valence-electron chi connectivity index (χ1n) is 7.37. The van der Waals surface area contributed by atoms with Gasteiger partial charge in [-0.25, -0.2) is 0 Å². The van der Waals surface area contributed by atoms with Crippen molar-refractivity contribution in [1.82, 2.24) is 0 Å². The number of rotatable bonds is 6. The molecule has 19 heavy (non-hydrogen) atoms. The zero-order chi connectivity index (χ0) is 13.6. The molecule has 3 saturated carbocycles. The standard InChI is InChI=1S/C15H21AsO3/c17-10-13(4-1-5-13)16(14(11-18)6-2-7-14)15(12-19)8-3-9-15/h10-12H,1-9H2. The molecule has 0 bridgehead atoms. The second kappa shape index (κ2) is 4.55. The maximum atomic E-state index is 11.8. The van der Waals surface area contributed by atoms with E-state index in [1.165, 1.54) is 0 Å². The van der Waals surface area contributed by atoms with Crippen molar-refractivity contribution in [1.29, 1.82) is 0 Å². The predicted octanol–water partition coefficient (Wildman–Crippen LogP) is 2.85. The SMILES string of the molecule is O=CC1([As](C2(C=O)CCC2)C2(C=O)CCC2)CCC1. The molecule has 0 aliphatic heterocycles. The average Bonchev–Trinajstić information content (AvgIpc) is 2.26. The summed E-state index contributed by atoms with van der Waals surface area (Å²) < 4.78 is -0.721. The maximum absolute atomic E-state index is 11.8. The van der Waals surface area contributed by atoms with Crippen LogP contribution in [0.2, 0.25) is 12.6 Å². The van der Waals surface area contributed by atoms with Crippen molar-refractivity contribution in [2.24, 2.45) is 0 Å². The number of carbonyl (C=O) groups excluding carboxylic acids is 3. The Morgan fingerprint density at radius 1 is 0.579 bits per heavy atom. The topological polar surface area (TPSA) is 51.2 Å². The van der Waals surface area contributed by atoms with Gasteiger partial charge >= 0.3 is 118 Å². The fourth-order valence-electron chi connectivity index (χ4n) is 4.13. The van der Waals surface area contributed by atoms with Crippen LogP contribution in [-0.4, -0.2) is 33.5 Å². The first-order valence-corrected chi connectivity index (χ1v) is 10.2. The molecule has 4 heteroatoms. The van der Waals surface area contributed by atoms with Crippen LogP contribution < -0.4 is 0 Å². The van der Waals surface area contributed by atoms with Crippen molar-refractivity contribution < 1.29 is 14.4 Å². The monoisotopic (exact) mass is 324 g/mol. The fraction of sp³-hybridized carbons (Fsp3) is 0.800. The summed E-state index contributed by atoms with van der Waals surface area (Å²) in [6, 6.07) is 0. The zero-order valence-corrected chi connectivity index (χ0v) is 13.1. The van der Waals surface area contributed by atoms with Gasteiger partial charge in [0.15, 0.2) is 0 Å². The van der Waals surface area contributed by atoms with E-state index in [9.17, 15) is 14.4 Å². The quantitative estimate of drug-likeness (QED) is 0.558. The van der Waals surface area contributed by atoms with Crippen molar-refractivity contribution in [3.8, 4) is 0 Å². The summed E-state index contributed by atoms with van der Waals surface area (Å²) in [5.74, 6) is 0. The van der Waals surface area contributed by atoms with E-state index in [0.717, 1.165) is 76.6 Å². The summed E-state index contributed by atoms with van der Waals surface area (Å²) in [5.41, 5.74) is 0. The van der Waals surface area contributed by atoms with Gasteiger partial charge in [-0.2, -0.15) is 0 Å². The summed E-state index contributed by atoms with van der Waals surface area (Å²) in [4.78, 5) is 35.3. The number of aldehydes is 3. The van der Waals surface area contributed by atoms with Gasteiger partial charge in [-0.3, -0.25) is 0 Å². The zero-order valence-electron chi connectivity index (χ0n) is 11.3. The summed E-state index contributed by atoms with van der Waals surface area (Å²) in [5, 5.41) is 0. The molecule has 0 amide bonds. The summed E-state index contributed by atoms with van der Waals surface area (Å²) in [6.07, 6.45) is 12.3. The number of hydrogen-bond acceptors (Lipinski definition) is 3. The van der Waals surface area contributed by atoms with E-state index in [1.807, 2.05) is 0 Å². The van der Waals surface area contributed by atoms with E-state index < -0.39 is 14.7 Å². The molecule has 0 radical (unpaired) electrons. The van der Waals surface area contributed by atoms with E-state index in [1.54, 1.807) is 0 Å². The van der Waals surface area contributed by atoms with Gasteiger partial charge in [0.2, 0.25) is 0 Å². The molecule has 0 heterocycles. The molecule has 3 nitrogen and oxygen atoms in total. The molecule has 3 aliphatic carbocycles. The summed E-state index contributed by atoms with van der Waals surface area (Å²) >= 11 is -1.85. The van der Waals surface area contributed by atoms with Gasteiger partial charge in [-0.1, -0.05) is 0 Å². The van der Waals surface area contributed by atoms with Crippen molar-refractivity contribution >= 4 is 33.5 Å². The van der Waals surface area contributed by atoms with E-state index in [4.69, 9.17) is 0 Å². The number of carbonyl (C=O) groups is 3. The Morgan fingerprint density at radius 3 is 0.947 bits per heavy atom. The first kappa shape index (κ1) is 13.5. The molecule has 0 atom stereocenters. The summed E-state index contributed by atoms with van der Waals surface area (Å²) in [6.45, 7) is 0. The molecular weight excluding hydrogens is 303 g/mol. The van der Waals surface area contributed by atoms with Crippen molar-refractivity contribution in [3.05, 3.63) is 0 Å². The molecular formula is C15H21AsO3. The Bertz CT molecular complexity index is 344. The molecule has 0 spiro atoms.